The van der Waals surface area contributed by atoms with Crippen LogP contribution in [0.25, 0.3) is 16.8 Å². The summed E-state index contributed by atoms with van der Waals surface area (Å²) in [5.41, 5.74) is 2.53. The lowest BCUT2D eigenvalue weighted by atomic mass is 10.1. The Morgan fingerprint density at radius 2 is 1.61 bits per heavy atom. The number of hydrogen-bond acceptors (Lipinski definition) is 5. The highest BCUT2D eigenvalue weighted by Gasteiger charge is 2.27. The summed E-state index contributed by atoms with van der Waals surface area (Å²) < 4.78 is 35.7. The van der Waals surface area contributed by atoms with Crippen molar-refractivity contribution in [1.29, 1.82) is 0 Å². The molecular formula is C29H23ClF2N4O2. The van der Waals surface area contributed by atoms with Crippen LogP contribution in [-0.4, -0.2) is 27.2 Å². The van der Waals surface area contributed by atoms with Gasteiger partial charge in [0.15, 0.2) is 5.65 Å². The van der Waals surface area contributed by atoms with Gasteiger partial charge in [0.25, 0.3) is 0 Å². The van der Waals surface area contributed by atoms with E-state index in [0.29, 0.717) is 18.9 Å². The molecule has 0 radical (unpaired) electrons. The number of rotatable bonds is 8. The van der Waals surface area contributed by atoms with E-state index in [1.54, 1.807) is 6.92 Å². The van der Waals surface area contributed by atoms with Gasteiger partial charge in [-0.2, -0.15) is 9.61 Å². The second kappa shape index (κ2) is 11.0. The molecule has 3 aromatic carbocycles. The molecule has 0 atom stereocenters. The summed E-state index contributed by atoms with van der Waals surface area (Å²) in [4.78, 5) is 19.1. The van der Waals surface area contributed by atoms with Crippen molar-refractivity contribution in [2.24, 2.45) is 0 Å². The molecule has 0 amide bonds. The zero-order chi connectivity index (χ0) is 26.6. The van der Waals surface area contributed by atoms with E-state index in [-0.39, 0.29) is 34.1 Å². The summed E-state index contributed by atoms with van der Waals surface area (Å²) >= 11 is 6.72. The van der Waals surface area contributed by atoms with Crippen molar-refractivity contribution in [2.45, 2.75) is 20.0 Å². The number of aromatic nitrogens is 3. The largest absolute Gasteiger partial charge is 0.462 e. The molecule has 0 aliphatic carbocycles. The van der Waals surface area contributed by atoms with Gasteiger partial charge in [-0.3, -0.25) is 0 Å². The number of halogens is 3. The predicted molar refractivity (Wildman–Crippen MR) is 142 cm³/mol. The normalized spacial score (nSPS) is 11.1. The number of carbonyl (C=O) groups excluding carboxylic acids is 1. The van der Waals surface area contributed by atoms with Crippen molar-refractivity contribution >= 4 is 29.0 Å². The van der Waals surface area contributed by atoms with Gasteiger partial charge in [-0.25, -0.2) is 18.6 Å². The van der Waals surface area contributed by atoms with Crippen molar-refractivity contribution < 1.29 is 18.3 Å². The minimum Gasteiger partial charge on any atom is -0.462 e. The number of hydrogen-bond donors (Lipinski definition) is 0. The van der Waals surface area contributed by atoms with Gasteiger partial charge in [0.05, 0.1) is 18.4 Å². The minimum absolute atomic E-state index is 0.0557. The van der Waals surface area contributed by atoms with Crippen molar-refractivity contribution in [2.75, 3.05) is 11.5 Å². The Bertz CT molecular complexity index is 1550. The third-order valence-electron chi connectivity index (χ3n) is 6.01. The van der Waals surface area contributed by atoms with Crippen LogP contribution in [0.3, 0.4) is 0 Å². The average molecular weight is 533 g/mol. The summed E-state index contributed by atoms with van der Waals surface area (Å²) in [5.74, 6) is -1.72. The molecule has 0 aliphatic heterocycles. The maximum Gasteiger partial charge on any atom is 0.343 e. The van der Waals surface area contributed by atoms with Crippen molar-refractivity contribution in [1.82, 2.24) is 14.6 Å². The Labute approximate surface area is 223 Å². The summed E-state index contributed by atoms with van der Waals surface area (Å²) in [6.07, 6.45) is 1.36. The lowest BCUT2D eigenvalue weighted by Gasteiger charge is -2.28. The molecule has 5 aromatic rings. The van der Waals surface area contributed by atoms with Crippen LogP contribution in [0.15, 0.2) is 85.1 Å². The van der Waals surface area contributed by atoms with Crippen LogP contribution in [0, 0.1) is 11.6 Å². The quantitative estimate of drug-likeness (QED) is 0.164. The van der Waals surface area contributed by atoms with Crippen LogP contribution in [0.4, 0.5) is 14.6 Å². The van der Waals surface area contributed by atoms with E-state index in [0.717, 1.165) is 23.3 Å². The first kappa shape index (κ1) is 25.4. The molecule has 9 heteroatoms. The van der Waals surface area contributed by atoms with E-state index < -0.39 is 17.6 Å². The Kier molecular flexibility index (Phi) is 7.33. The Hall–Kier alpha value is -4.30. The fourth-order valence-electron chi connectivity index (χ4n) is 4.33. The van der Waals surface area contributed by atoms with E-state index >= 15 is 4.39 Å². The van der Waals surface area contributed by atoms with E-state index in [1.165, 1.54) is 16.8 Å². The van der Waals surface area contributed by atoms with Crippen LogP contribution in [-0.2, 0) is 17.8 Å². The minimum atomic E-state index is -0.800. The number of carbonyl (C=O) groups is 1. The smallest absolute Gasteiger partial charge is 0.343 e. The van der Waals surface area contributed by atoms with E-state index in [1.807, 2.05) is 65.6 Å². The molecule has 0 saturated heterocycles. The first-order chi connectivity index (χ1) is 18.5. The zero-order valence-electron chi connectivity index (χ0n) is 20.4. The van der Waals surface area contributed by atoms with Crippen molar-refractivity contribution in [3.05, 3.63) is 119 Å². The van der Waals surface area contributed by atoms with Gasteiger partial charge in [-0.1, -0.05) is 72.3 Å². The number of nitrogens with zero attached hydrogens (tertiary/aromatic N) is 4. The van der Waals surface area contributed by atoms with Crippen molar-refractivity contribution in [3.63, 3.8) is 0 Å². The third-order valence-corrected chi connectivity index (χ3v) is 6.28. The molecule has 0 bridgehead atoms. The van der Waals surface area contributed by atoms with Gasteiger partial charge in [0.1, 0.15) is 28.2 Å². The standard InChI is InChI=1S/C29H23ClF2N4O2/c1-2-38-29(37)23-16-33-36-27(23)34-26(30)25(22-14-13-21(31)15-24(22)32)28(36)35(17-19-9-5-3-6-10-19)18-20-11-7-4-8-12-20/h3-16H,2,17-18H2,1H3. The van der Waals surface area contributed by atoms with E-state index in [4.69, 9.17) is 16.3 Å². The van der Waals surface area contributed by atoms with Gasteiger partial charge in [-0.05, 0) is 30.2 Å². The molecule has 0 spiro atoms. The Morgan fingerprint density at radius 3 is 2.18 bits per heavy atom. The van der Waals surface area contributed by atoms with Crippen LogP contribution in [0.1, 0.15) is 28.4 Å². The molecular weight excluding hydrogens is 510 g/mol. The summed E-state index contributed by atoms with van der Waals surface area (Å²) in [6.45, 7) is 2.67. The summed E-state index contributed by atoms with van der Waals surface area (Å²) in [5, 5.41) is 4.40. The SMILES string of the molecule is CCOC(=O)c1cnn2c(N(Cc3ccccc3)Cc3ccccc3)c(-c3ccc(F)cc3F)c(Cl)nc12. The third kappa shape index (κ3) is 5.08. The van der Waals surface area contributed by atoms with Crippen LogP contribution in [0.2, 0.25) is 5.15 Å². The molecule has 0 unspecified atom stereocenters. The summed E-state index contributed by atoms with van der Waals surface area (Å²) in [7, 11) is 0. The second-order valence-corrected chi connectivity index (χ2v) is 8.92. The molecule has 2 aromatic heterocycles. The molecule has 0 fully saturated rings. The molecule has 6 nitrogen and oxygen atoms in total. The molecule has 192 valence electrons. The highest BCUT2D eigenvalue weighted by molar-refractivity contribution is 6.33. The van der Waals surface area contributed by atoms with E-state index in [9.17, 15) is 9.18 Å². The first-order valence-electron chi connectivity index (χ1n) is 12.0. The Balaban J connectivity index is 1.79. The maximum absolute atomic E-state index is 15.2. The number of esters is 1. The molecule has 38 heavy (non-hydrogen) atoms. The highest BCUT2D eigenvalue weighted by Crippen LogP contribution is 2.40. The molecule has 5 rings (SSSR count). The van der Waals surface area contributed by atoms with Crippen molar-refractivity contribution in [3.8, 4) is 11.1 Å². The highest BCUT2D eigenvalue weighted by atomic mass is 35.5. The average Bonchev–Trinajstić information content (AvgIpc) is 3.33. The van der Waals surface area contributed by atoms with E-state index in [2.05, 4.69) is 10.1 Å². The fourth-order valence-corrected chi connectivity index (χ4v) is 4.60. The van der Waals surface area contributed by atoms with Crippen LogP contribution in [0.5, 0.6) is 0 Å². The lowest BCUT2D eigenvalue weighted by molar-refractivity contribution is 0.0528. The molecule has 0 N–H and O–H groups in total. The number of anilines is 1. The fraction of sp³-hybridized carbons (Fsp3) is 0.138. The van der Waals surface area contributed by atoms with Gasteiger partial charge in [-0.15, -0.1) is 0 Å². The number of ether oxygens (including phenoxy) is 1. The molecule has 0 aliphatic rings. The maximum atomic E-state index is 15.2. The predicted octanol–water partition coefficient (Wildman–Crippen LogP) is 6.71. The molecule has 2 heterocycles. The Morgan fingerprint density at radius 1 is 0.974 bits per heavy atom. The van der Waals surface area contributed by atoms with Gasteiger partial charge in [0.2, 0.25) is 0 Å². The monoisotopic (exact) mass is 532 g/mol. The van der Waals surface area contributed by atoms with Crippen LogP contribution >= 0.6 is 11.6 Å². The number of fused-ring (bicyclic) bond motifs is 1. The summed E-state index contributed by atoms with van der Waals surface area (Å²) in [6, 6.07) is 22.7. The van der Waals surface area contributed by atoms with Gasteiger partial charge in [0, 0.05) is 24.7 Å². The second-order valence-electron chi connectivity index (χ2n) is 8.57. The first-order valence-corrected chi connectivity index (χ1v) is 12.4. The zero-order valence-corrected chi connectivity index (χ0v) is 21.2. The topological polar surface area (TPSA) is 59.7 Å². The van der Waals surface area contributed by atoms with Gasteiger partial charge < -0.3 is 9.64 Å². The lowest BCUT2D eigenvalue weighted by Crippen LogP contribution is -2.26. The molecule has 0 saturated carbocycles. The van der Waals surface area contributed by atoms with Gasteiger partial charge >= 0.3 is 5.97 Å². The number of benzene rings is 3. The van der Waals surface area contributed by atoms with Crippen LogP contribution < -0.4 is 4.90 Å².